The van der Waals surface area contributed by atoms with Gasteiger partial charge in [0, 0.05) is 22.8 Å². The summed E-state index contributed by atoms with van der Waals surface area (Å²) in [6.07, 6.45) is 6.23. The van der Waals surface area contributed by atoms with Crippen molar-refractivity contribution in [3.05, 3.63) is 40.0 Å². The van der Waals surface area contributed by atoms with Gasteiger partial charge in [-0.05, 0) is 38.0 Å². The average molecular weight is 351 g/mol. The Kier molecular flexibility index (Phi) is 5.23. The Labute approximate surface area is 146 Å². The molecule has 0 atom stereocenters. The van der Waals surface area contributed by atoms with Crippen LogP contribution in [0.5, 0.6) is 0 Å². The summed E-state index contributed by atoms with van der Waals surface area (Å²) in [6, 6.07) is 7.67. The summed E-state index contributed by atoms with van der Waals surface area (Å²) < 4.78 is 0. The number of benzene rings is 1. The molecule has 0 unspecified atom stereocenters. The molecule has 1 heterocycles. The number of rotatable bonds is 4. The summed E-state index contributed by atoms with van der Waals surface area (Å²) in [5, 5.41) is 7.91. The Morgan fingerprint density at radius 1 is 1.04 bits per heavy atom. The topological polar surface area (TPSA) is 49.8 Å². The van der Waals surface area contributed by atoms with Gasteiger partial charge in [-0.25, -0.2) is 4.98 Å². The van der Waals surface area contributed by atoms with Crippen LogP contribution in [0, 0.1) is 6.92 Å². The molecule has 2 N–H and O–H groups in total. The first kappa shape index (κ1) is 16.3. The van der Waals surface area contributed by atoms with E-state index in [4.69, 9.17) is 23.2 Å². The fourth-order valence-electron chi connectivity index (χ4n) is 2.86. The molecule has 1 aliphatic carbocycles. The van der Waals surface area contributed by atoms with Crippen LogP contribution < -0.4 is 10.6 Å². The molecular weight excluding hydrogens is 331 g/mol. The van der Waals surface area contributed by atoms with Crippen molar-refractivity contribution in [3.63, 3.8) is 0 Å². The molecule has 0 saturated heterocycles. The van der Waals surface area contributed by atoms with Crippen LogP contribution in [0.1, 0.15) is 37.8 Å². The maximum Gasteiger partial charge on any atom is 0.225 e. The Balaban J connectivity index is 1.78. The van der Waals surface area contributed by atoms with Crippen LogP contribution in [0.3, 0.4) is 0 Å². The molecule has 6 heteroatoms. The molecule has 2 aromatic rings. The zero-order valence-electron chi connectivity index (χ0n) is 13.1. The van der Waals surface area contributed by atoms with E-state index in [-0.39, 0.29) is 0 Å². The molecule has 1 aromatic carbocycles. The predicted molar refractivity (Wildman–Crippen MR) is 97.0 cm³/mol. The van der Waals surface area contributed by atoms with E-state index in [1.165, 1.54) is 32.1 Å². The molecule has 0 radical (unpaired) electrons. The summed E-state index contributed by atoms with van der Waals surface area (Å²) in [7, 11) is 0. The maximum atomic E-state index is 6.20. The number of hydrogen-bond donors (Lipinski definition) is 2. The maximum absolute atomic E-state index is 6.20. The minimum Gasteiger partial charge on any atom is -0.351 e. The largest absolute Gasteiger partial charge is 0.351 e. The highest BCUT2D eigenvalue weighted by atomic mass is 35.5. The first-order valence-corrected chi connectivity index (χ1v) is 8.70. The second-order valence-electron chi connectivity index (χ2n) is 5.95. The summed E-state index contributed by atoms with van der Waals surface area (Å²) in [5.74, 6) is 1.37. The Bertz CT molecular complexity index is 684. The third-order valence-electron chi connectivity index (χ3n) is 3.98. The fourth-order valence-corrected chi connectivity index (χ4v) is 3.19. The van der Waals surface area contributed by atoms with Crippen molar-refractivity contribution in [1.29, 1.82) is 0 Å². The molecule has 0 spiro atoms. The van der Waals surface area contributed by atoms with Crippen LogP contribution in [-0.4, -0.2) is 16.0 Å². The van der Waals surface area contributed by atoms with Gasteiger partial charge < -0.3 is 10.6 Å². The number of nitrogens with one attached hydrogen (secondary N) is 2. The van der Waals surface area contributed by atoms with Gasteiger partial charge in [0.05, 0.1) is 10.7 Å². The standard InChI is InChI=1S/C17H20Cl2N4/c1-11-9-16(22-15-10-12(18)7-8-14(15)19)23-17(20-11)21-13-5-3-2-4-6-13/h7-10,13H,2-6H2,1H3,(H2,20,21,22,23). The van der Waals surface area contributed by atoms with Crippen molar-refractivity contribution in [2.75, 3.05) is 10.6 Å². The van der Waals surface area contributed by atoms with E-state index in [1.54, 1.807) is 18.2 Å². The molecule has 0 aliphatic heterocycles. The number of aryl methyl sites for hydroxylation is 1. The molecule has 0 bridgehead atoms. The minimum atomic E-state index is 0.466. The second-order valence-corrected chi connectivity index (χ2v) is 6.79. The van der Waals surface area contributed by atoms with E-state index in [0.29, 0.717) is 27.9 Å². The summed E-state index contributed by atoms with van der Waals surface area (Å²) >= 11 is 12.2. The zero-order chi connectivity index (χ0) is 16.2. The summed E-state index contributed by atoms with van der Waals surface area (Å²) in [5.41, 5.74) is 1.64. The SMILES string of the molecule is Cc1cc(Nc2cc(Cl)ccc2Cl)nc(NC2CCCCC2)n1. The lowest BCUT2D eigenvalue weighted by Gasteiger charge is -2.23. The number of anilines is 3. The van der Waals surface area contributed by atoms with Crippen LogP contribution in [0.2, 0.25) is 10.0 Å². The normalized spacial score (nSPS) is 15.4. The van der Waals surface area contributed by atoms with Gasteiger partial charge >= 0.3 is 0 Å². The Morgan fingerprint density at radius 2 is 1.83 bits per heavy atom. The van der Waals surface area contributed by atoms with Gasteiger partial charge in [-0.15, -0.1) is 0 Å². The van der Waals surface area contributed by atoms with Gasteiger partial charge in [0.2, 0.25) is 5.95 Å². The van der Waals surface area contributed by atoms with Crippen molar-refractivity contribution in [3.8, 4) is 0 Å². The molecule has 122 valence electrons. The van der Waals surface area contributed by atoms with Crippen molar-refractivity contribution in [2.45, 2.75) is 45.1 Å². The first-order chi connectivity index (χ1) is 11.1. The average Bonchev–Trinajstić information content (AvgIpc) is 2.51. The number of halogens is 2. The van der Waals surface area contributed by atoms with Crippen LogP contribution in [0.15, 0.2) is 24.3 Å². The van der Waals surface area contributed by atoms with Gasteiger partial charge in [-0.2, -0.15) is 4.98 Å². The smallest absolute Gasteiger partial charge is 0.225 e. The molecule has 23 heavy (non-hydrogen) atoms. The highest BCUT2D eigenvalue weighted by Gasteiger charge is 2.15. The van der Waals surface area contributed by atoms with Crippen LogP contribution in [0.25, 0.3) is 0 Å². The van der Waals surface area contributed by atoms with Gasteiger partial charge in [-0.1, -0.05) is 42.5 Å². The highest BCUT2D eigenvalue weighted by molar-refractivity contribution is 6.35. The van der Waals surface area contributed by atoms with Gasteiger partial charge in [0.15, 0.2) is 0 Å². The minimum absolute atomic E-state index is 0.466. The fraction of sp³-hybridized carbons (Fsp3) is 0.412. The van der Waals surface area contributed by atoms with E-state index in [0.717, 1.165) is 11.4 Å². The number of aromatic nitrogens is 2. The molecular formula is C17H20Cl2N4. The van der Waals surface area contributed by atoms with Crippen molar-refractivity contribution in [1.82, 2.24) is 9.97 Å². The summed E-state index contributed by atoms with van der Waals surface area (Å²) in [4.78, 5) is 9.05. The van der Waals surface area contributed by atoms with Crippen LogP contribution in [-0.2, 0) is 0 Å². The lowest BCUT2D eigenvalue weighted by molar-refractivity contribution is 0.461. The van der Waals surface area contributed by atoms with Gasteiger partial charge in [0.1, 0.15) is 5.82 Å². The molecule has 1 aromatic heterocycles. The quantitative estimate of drug-likeness (QED) is 0.755. The Hall–Kier alpha value is -1.52. The van der Waals surface area contributed by atoms with Crippen LogP contribution in [0.4, 0.5) is 17.5 Å². The molecule has 3 rings (SSSR count). The van der Waals surface area contributed by atoms with E-state index >= 15 is 0 Å². The van der Waals surface area contributed by atoms with E-state index in [2.05, 4.69) is 20.6 Å². The summed E-state index contributed by atoms with van der Waals surface area (Å²) in [6.45, 7) is 1.96. The highest BCUT2D eigenvalue weighted by Crippen LogP contribution is 2.28. The molecule has 1 fully saturated rings. The molecule has 1 saturated carbocycles. The molecule has 4 nitrogen and oxygen atoms in total. The van der Waals surface area contributed by atoms with Crippen molar-refractivity contribution >= 4 is 40.7 Å². The molecule has 1 aliphatic rings. The lowest BCUT2D eigenvalue weighted by Crippen LogP contribution is -2.23. The zero-order valence-corrected chi connectivity index (χ0v) is 14.6. The number of nitrogens with zero attached hydrogens (tertiary/aromatic N) is 2. The van der Waals surface area contributed by atoms with Gasteiger partial charge in [0.25, 0.3) is 0 Å². The number of hydrogen-bond acceptors (Lipinski definition) is 4. The van der Waals surface area contributed by atoms with Gasteiger partial charge in [-0.3, -0.25) is 0 Å². The predicted octanol–water partition coefficient (Wildman–Crippen LogP) is 5.58. The van der Waals surface area contributed by atoms with E-state index in [1.807, 2.05) is 13.0 Å². The molecule has 0 amide bonds. The third-order valence-corrected chi connectivity index (χ3v) is 4.55. The van der Waals surface area contributed by atoms with Crippen LogP contribution >= 0.6 is 23.2 Å². The Morgan fingerprint density at radius 3 is 2.61 bits per heavy atom. The lowest BCUT2D eigenvalue weighted by atomic mass is 9.96. The van der Waals surface area contributed by atoms with E-state index in [9.17, 15) is 0 Å². The second kappa shape index (κ2) is 7.37. The first-order valence-electron chi connectivity index (χ1n) is 7.94. The van der Waals surface area contributed by atoms with E-state index < -0.39 is 0 Å². The van der Waals surface area contributed by atoms with Crippen molar-refractivity contribution < 1.29 is 0 Å². The van der Waals surface area contributed by atoms with Crippen molar-refractivity contribution in [2.24, 2.45) is 0 Å². The monoisotopic (exact) mass is 350 g/mol. The third kappa shape index (κ3) is 4.49.